The molecule has 0 radical (unpaired) electrons. The summed E-state index contributed by atoms with van der Waals surface area (Å²) in [6.07, 6.45) is 0.309. The number of rotatable bonds is 8. The third-order valence-corrected chi connectivity index (χ3v) is 5.46. The maximum absolute atomic E-state index is 12.9. The Hall–Kier alpha value is -1.55. The number of amides is 1. The zero-order chi connectivity index (χ0) is 18.3. The standard InChI is InChI=1S/C16H24FN3O4S/c1-2-15(16(21)18-7-8-20-9-11-24-12-10-20)19-25(22,23)14-5-3-13(17)4-6-14/h3-6,15,19H,2,7-12H2,1H3,(H,18,21). The maximum Gasteiger partial charge on any atom is 0.241 e. The van der Waals surface area contributed by atoms with Crippen molar-refractivity contribution in [1.82, 2.24) is 14.9 Å². The minimum Gasteiger partial charge on any atom is -0.379 e. The minimum atomic E-state index is -3.88. The number of halogens is 1. The molecule has 25 heavy (non-hydrogen) atoms. The van der Waals surface area contributed by atoms with Crippen LogP contribution in [0.15, 0.2) is 29.2 Å². The average Bonchev–Trinajstić information content (AvgIpc) is 2.61. The van der Waals surface area contributed by atoms with Gasteiger partial charge in [-0.3, -0.25) is 9.69 Å². The Morgan fingerprint density at radius 2 is 1.92 bits per heavy atom. The summed E-state index contributed by atoms with van der Waals surface area (Å²) < 4.78 is 45.2. The largest absolute Gasteiger partial charge is 0.379 e. The second-order valence-corrected chi connectivity index (χ2v) is 7.50. The third-order valence-electron chi connectivity index (χ3n) is 3.98. The highest BCUT2D eigenvalue weighted by Gasteiger charge is 2.24. The lowest BCUT2D eigenvalue weighted by molar-refractivity contribution is -0.122. The van der Waals surface area contributed by atoms with Crippen molar-refractivity contribution in [2.75, 3.05) is 39.4 Å². The van der Waals surface area contributed by atoms with E-state index in [0.29, 0.717) is 32.7 Å². The van der Waals surface area contributed by atoms with Crippen molar-refractivity contribution >= 4 is 15.9 Å². The van der Waals surface area contributed by atoms with Gasteiger partial charge in [-0.1, -0.05) is 6.92 Å². The van der Waals surface area contributed by atoms with Gasteiger partial charge in [0, 0.05) is 26.2 Å². The smallest absolute Gasteiger partial charge is 0.241 e. The van der Waals surface area contributed by atoms with E-state index in [1.165, 1.54) is 12.1 Å². The maximum atomic E-state index is 12.9. The molecule has 0 aliphatic carbocycles. The fraction of sp³-hybridized carbons (Fsp3) is 0.562. The summed E-state index contributed by atoms with van der Waals surface area (Å²) in [4.78, 5) is 14.3. The van der Waals surface area contributed by atoms with Crippen molar-refractivity contribution in [3.8, 4) is 0 Å². The van der Waals surface area contributed by atoms with Crippen LogP contribution in [-0.2, 0) is 19.6 Å². The van der Waals surface area contributed by atoms with Gasteiger partial charge in [-0.2, -0.15) is 4.72 Å². The van der Waals surface area contributed by atoms with Crippen LogP contribution in [0.2, 0.25) is 0 Å². The molecule has 1 atom stereocenters. The summed E-state index contributed by atoms with van der Waals surface area (Å²) in [5.41, 5.74) is 0. The third kappa shape index (κ3) is 6.03. The van der Waals surface area contributed by atoms with E-state index < -0.39 is 21.9 Å². The number of nitrogens with one attached hydrogen (secondary N) is 2. The number of nitrogens with zero attached hydrogens (tertiary/aromatic N) is 1. The summed E-state index contributed by atoms with van der Waals surface area (Å²) in [6, 6.07) is 3.59. The van der Waals surface area contributed by atoms with Crippen LogP contribution in [0.5, 0.6) is 0 Å². The molecule has 0 aromatic heterocycles. The van der Waals surface area contributed by atoms with Gasteiger partial charge in [0.15, 0.2) is 0 Å². The number of hydrogen-bond donors (Lipinski definition) is 2. The second kappa shape index (κ2) is 9.23. The molecule has 1 saturated heterocycles. The van der Waals surface area contributed by atoms with Crippen molar-refractivity contribution in [1.29, 1.82) is 0 Å². The van der Waals surface area contributed by atoms with Crippen LogP contribution in [0.1, 0.15) is 13.3 Å². The highest BCUT2D eigenvalue weighted by Crippen LogP contribution is 2.11. The molecule has 0 bridgehead atoms. The number of sulfonamides is 1. The number of hydrogen-bond acceptors (Lipinski definition) is 5. The molecule has 7 nitrogen and oxygen atoms in total. The Balaban J connectivity index is 1.87. The first-order valence-corrected chi connectivity index (χ1v) is 9.76. The molecule has 1 fully saturated rings. The Morgan fingerprint density at radius 1 is 1.28 bits per heavy atom. The second-order valence-electron chi connectivity index (χ2n) is 5.78. The van der Waals surface area contributed by atoms with E-state index in [1.807, 2.05) is 0 Å². The lowest BCUT2D eigenvalue weighted by Crippen LogP contribution is -2.48. The molecular formula is C16H24FN3O4S. The number of morpholine rings is 1. The number of ether oxygens (including phenoxy) is 1. The molecule has 140 valence electrons. The van der Waals surface area contributed by atoms with Crippen molar-refractivity contribution < 1.29 is 22.3 Å². The highest BCUT2D eigenvalue weighted by atomic mass is 32.2. The zero-order valence-corrected chi connectivity index (χ0v) is 15.0. The van der Waals surface area contributed by atoms with Crippen LogP contribution in [0.3, 0.4) is 0 Å². The highest BCUT2D eigenvalue weighted by molar-refractivity contribution is 7.89. The monoisotopic (exact) mass is 373 g/mol. The van der Waals surface area contributed by atoms with Gasteiger partial charge in [-0.15, -0.1) is 0 Å². The van der Waals surface area contributed by atoms with Gasteiger partial charge in [0.05, 0.1) is 18.1 Å². The number of carbonyl (C=O) groups excluding carboxylic acids is 1. The molecule has 0 spiro atoms. The molecule has 1 aliphatic heterocycles. The van der Waals surface area contributed by atoms with Gasteiger partial charge < -0.3 is 10.1 Å². The van der Waals surface area contributed by atoms with Crippen molar-refractivity contribution in [2.24, 2.45) is 0 Å². The first kappa shape index (κ1) is 19.8. The molecule has 2 rings (SSSR count). The van der Waals surface area contributed by atoms with Crippen LogP contribution < -0.4 is 10.0 Å². The Bertz CT molecular complexity index is 660. The summed E-state index contributed by atoms with van der Waals surface area (Å²) in [5, 5.41) is 2.76. The minimum absolute atomic E-state index is 0.0755. The summed E-state index contributed by atoms with van der Waals surface area (Å²) in [5.74, 6) is -0.895. The molecule has 1 heterocycles. The predicted octanol–water partition coefficient (Wildman–Crippen LogP) is 0.331. The first-order valence-electron chi connectivity index (χ1n) is 8.28. The van der Waals surface area contributed by atoms with E-state index in [-0.39, 0.29) is 10.8 Å². The predicted molar refractivity (Wildman–Crippen MR) is 91.1 cm³/mol. The van der Waals surface area contributed by atoms with Gasteiger partial charge >= 0.3 is 0 Å². The molecule has 1 amide bonds. The van der Waals surface area contributed by atoms with E-state index in [9.17, 15) is 17.6 Å². The van der Waals surface area contributed by atoms with Crippen LogP contribution >= 0.6 is 0 Å². The average molecular weight is 373 g/mol. The lowest BCUT2D eigenvalue weighted by Gasteiger charge is -2.26. The van der Waals surface area contributed by atoms with Crippen molar-refractivity contribution in [2.45, 2.75) is 24.3 Å². The fourth-order valence-electron chi connectivity index (χ4n) is 2.48. The number of carbonyl (C=O) groups is 1. The molecule has 1 aliphatic rings. The first-order chi connectivity index (χ1) is 11.9. The Labute approximate surface area is 147 Å². The van der Waals surface area contributed by atoms with Crippen molar-refractivity contribution in [3.05, 3.63) is 30.1 Å². The lowest BCUT2D eigenvalue weighted by atomic mass is 10.2. The van der Waals surface area contributed by atoms with Crippen LogP contribution in [0, 0.1) is 5.82 Å². The molecule has 1 aromatic carbocycles. The van der Waals surface area contributed by atoms with E-state index in [1.54, 1.807) is 6.92 Å². The van der Waals surface area contributed by atoms with Gasteiger partial charge in [0.1, 0.15) is 11.9 Å². The molecular weight excluding hydrogens is 349 g/mol. The summed E-state index contributed by atoms with van der Waals surface area (Å²) >= 11 is 0. The van der Waals surface area contributed by atoms with Gasteiger partial charge in [0.25, 0.3) is 0 Å². The Morgan fingerprint density at radius 3 is 2.52 bits per heavy atom. The van der Waals surface area contributed by atoms with Crippen LogP contribution in [-0.4, -0.2) is 64.7 Å². The van der Waals surface area contributed by atoms with Crippen LogP contribution in [0.4, 0.5) is 4.39 Å². The molecule has 9 heteroatoms. The SMILES string of the molecule is CCC(NS(=O)(=O)c1ccc(F)cc1)C(=O)NCCN1CCOCC1. The summed E-state index contributed by atoms with van der Waals surface area (Å²) in [6.45, 7) is 5.86. The summed E-state index contributed by atoms with van der Waals surface area (Å²) in [7, 11) is -3.88. The molecule has 2 N–H and O–H groups in total. The van der Waals surface area contributed by atoms with E-state index >= 15 is 0 Å². The molecule has 0 saturated carbocycles. The zero-order valence-electron chi connectivity index (χ0n) is 14.2. The normalized spacial score (nSPS) is 17.2. The topological polar surface area (TPSA) is 87.7 Å². The van der Waals surface area contributed by atoms with E-state index in [4.69, 9.17) is 4.74 Å². The van der Waals surface area contributed by atoms with Gasteiger partial charge in [0.2, 0.25) is 15.9 Å². The van der Waals surface area contributed by atoms with Crippen molar-refractivity contribution in [3.63, 3.8) is 0 Å². The van der Waals surface area contributed by atoms with E-state index in [2.05, 4.69) is 14.9 Å². The molecule has 1 unspecified atom stereocenters. The fourth-order valence-corrected chi connectivity index (χ4v) is 3.76. The molecule has 1 aromatic rings. The quantitative estimate of drug-likeness (QED) is 0.686. The van der Waals surface area contributed by atoms with Crippen LogP contribution in [0.25, 0.3) is 0 Å². The number of benzene rings is 1. The van der Waals surface area contributed by atoms with E-state index in [0.717, 1.165) is 25.2 Å². The van der Waals surface area contributed by atoms with Gasteiger partial charge in [-0.25, -0.2) is 12.8 Å². The Kier molecular flexibility index (Phi) is 7.30. The van der Waals surface area contributed by atoms with Gasteiger partial charge in [-0.05, 0) is 30.7 Å².